The van der Waals surface area contributed by atoms with Gasteiger partial charge in [0.15, 0.2) is 5.58 Å². The first-order chi connectivity index (χ1) is 13.5. The van der Waals surface area contributed by atoms with E-state index in [4.69, 9.17) is 4.42 Å². The number of aryl methyl sites for hydroxylation is 2. The van der Waals surface area contributed by atoms with Crippen LogP contribution in [0, 0.1) is 13.8 Å². The first kappa shape index (κ1) is 17.7. The van der Waals surface area contributed by atoms with E-state index in [0.717, 1.165) is 17.0 Å². The van der Waals surface area contributed by atoms with Gasteiger partial charge in [-0.25, -0.2) is 14.8 Å². The maximum absolute atomic E-state index is 12.6. The summed E-state index contributed by atoms with van der Waals surface area (Å²) >= 11 is 0. The van der Waals surface area contributed by atoms with E-state index in [0.29, 0.717) is 23.2 Å². The van der Waals surface area contributed by atoms with Gasteiger partial charge in [-0.15, -0.1) is 0 Å². The van der Waals surface area contributed by atoms with Crippen molar-refractivity contribution in [2.75, 3.05) is 5.32 Å². The third-order valence-electron chi connectivity index (χ3n) is 4.32. The molecule has 0 atom stereocenters. The van der Waals surface area contributed by atoms with Crippen molar-refractivity contribution in [3.05, 3.63) is 87.7 Å². The van der Waals surface area contributed by atoms with Gasteiger partial charge in [0.2, 0.25) is 5.95 Å². The number of carbonyl (C=O) groups excluding carboxylic acids is 1. The summed E-state index contributed by atoms with van der Waals surface area (Å²) in [6.45, 7) is 4.03. The molecule has 0 aliphatic carbocycles. The van der Waals surface area contributed by atoms with Gasteiger partial charge in [-0.1, -0.05) is 30.3 Å². The first-order valence-corrected chi connectivity index (χ1v) is 8.80. The van der Waals surface area contributed by atoms with Crippen molar-refractivity contribution in [2.24, 2.45) is 0 Å². The van der Waals surface area contributed by atoms with E-state index in [1.165, 1.54) is 4.57 Å². The van der Waals surface area contributed by atoms with Crippen molar-refractivity contribution >= 4 is 23.0 Å². The predicted molar refractivity (Wildman–Crippen MR) is 105 cm³/mol. The Labute approximate surface area is 160 Å². The van der Waals surface area contributed by atoms with Crippen LogP contribution >= 0.6 is 0 Å². The first-order valence-electron chi connectivity index (χ1n) is 8.80. The average Bonchev–Trinajstić information content (AvgIpc) is 2.96. The number of hydrogen-bond acceptors (Lipinski definition) is 5. The minimum absolute atomic E-state index is 0.247. The lowest BCUT2D eigenvalue weighted by atomic mass is 10.2. The second-order valence-electron chi connectivity index (χ2n) is 6.55. The predicted octanol–water partition coefficient (Wildman–Crippen LogP) is 3.30. The van der Waals surface area contributed by atoms with Gasteiger partial charge in [0, 0.05) is 17.0 Å². The number of rotatable bonds is 4. The molecule has 1 N–H and O–H groups in total. The lowest BCUT2D eigenvalue weighted by Crippen LogP contribution is -2.16. The maximum Gasteiger partial charge on any atom is 0.420 e. The number of fused-ring (bicyclic) bond motifs is 1. The summed E-state index contributed by atoms with van der Waals surface area (Å²) in [6, 6.07) is 16.3. The van der Waals surface area contributed by atoms with Gasteiger partial charge < -0.3 is 4.42 Å². The fourth-order valence-electron chi connectivity index (χ4n) is 3.07. The quantitative estimate of drug-likeness (QED) is 0.592. The maximum atomic E-state index is 12.6. The second kappa shape index (κ2) is 7.11. The number of nitrogens with one attached hydrogen (secondary N) is 1. The molecular weight excluding hydrogens is 356 g/mol. The van der Waals surface area contributed by atoms with Gasteiger partial charge >= 0.3 is 5.76 Å². The van der Waals surface area contributed by atoms with Gasteiger partial charge in [0.25, 0.3) is 5.91 Å². The third-order valence-corrected chi connectivity index (χ3v) is 4.32. The van der Waals surface area contributed by atoms with E-state index in [2.05, 4.69) is 15.3 Å². The number of oxazole rings is 1. The molecule has 2 aromatic carbocycles. The highest BCUT2D eigenvalue weighted by Crippen LogP contribution is 2.17. The van der Waals surface area contributed by atoms with Crippen molar-refractivity contribution in [2.45, 2.75) is 20.4 Å². The molecule has 2 aromatic heterocycles. The van der Waals surface area contributed by atoms with Crippen molar-refractivity contribution in [3.8, 4) is 0 Å². The zero-order chi connectivity index (χ0) is 19.7. The standard InChI is InChI=1S/C21H18N4O3/c1-13-10-14(2)23-20(22-13)24-19(26)16-8-9-18-17(11-16)25(21(27)28-18)12-15-6-4-3-5-7-15/h3-11H,12H2,1-2H3,(H,22,23,24,26). The molecule has 0 bridgehead atoms. The van der Waals surface area contributed by atoms with E-state index in [1.807, 2.05) is 50.2 Å². The van der Waals surface area contributed by atoms with Gasteiger partial charge in [-0.05, 0) is 43.7 Å². The van der Waals surface area contributed by atoms with Crippen molar-refractivity contribution in [1.29, 1.82) is 0 Å². The zero-order valence-corrected chi connectivity index (χ0v) is 15.5. The van der Waals surface area contributed by atoms with Crippen LogP contribution in [0.2, 0.25) is 0 Å². The van der Waals surface area contributed by atoms with Crippen LogP contribution in [0.3, 0.4) is 0 Å². The van der Waals surface area contributed by atoms with Crippen LogP contribution in [0.25, 0.3) is 11.1 Å². The van der Waals surface area contributed by atoms with Crippen LogP contribution in [0.15, 0.2) is 63.8 Å². The summed E-state index contributed by atoms with van der Waals surface area (Å²) in [5.41, 5.74) is 3.88. The summed E-state index contributed by atoms with van der Waals surface area (Å²) in [5.74, 6) is -0.572. The molecule has 2 heterocycles. The average molecular weight is 374 g/mol. The summed E-state index contributed by atoms with van der Waals surface area (Å²) < 4.78 is 6.82. The SMILES string of the molecule is Cc1cc(C)nc(NC(=O)c2ccc3oc(=O)n(Cc4ccccc4)c3c2)n1. The monoisotopic (exact) mass is 374 g/mol. The van der Waals surface area contributed by atoms with E-state index in [9.17, 15) is 9.59 Å². The minimum Gasteiger partial charge on any atom is -0.408 e. The van der Waals surface area contributed by atoms with Crippen LogP contribution in [0.4, 0.5) is 5.95 Å². The molecule has 28 heavy (non-hydrogen) atoms. The van der Waals surface area contributed by atoms with Crippen molar-refractivity contribution in [1.82, 2.24) is 14.5 Å². The molecule has 4 aromatic rings. The Balaban J connectivity index is 1.67. The topological polar surface area (TPSA) is 90.0 Å². The molecule has 1 amide bonds. The third kappa shape index (κ3) is 3.55. The number of aromatic nitrogens is 3. The Morgan fingerprint density at radius 1 is 1.04 bits per heavy atom. The Kier molecular flexibility index (Phi) is 4.49. The highest BCUT2D eigenvalue weighted by atomic mass is 16.4. The molecule has 0 unspecified atom stereocenters. The van der Waals surface area contributed by atoms with E-state index < -0.39 is 5.76 Å². The molecule has 7 heteroatoms. The zero-order valence-electron chi connectivity index (χ0n) is 15.5. The number of amides is 1. The molecule has 140 valence electrons. The number of nitrogens with zero attached hydrogens (tertiary/aromatic N) is 3. The molecule has 0 spiro atoms. The lowest BCUT2D eigenvalue weighted by molar-refractivity contribution is 0.102. The summed E-state index contributed by atoms with van der Waals surface area (Å²) in [4.78, 5) is 33.4. The minimum atomic E-state index is -0.464. The molecule has 4 rings (SSSR count). The Morgan fingerprint density at radius 2 is 1.75 bits per heavy atom. The fraction of sp³-hybridized carbons (Fsp3) is 0.143. The molecule has 0 radical (unpaired) electrons. The van der Waals surface area contributed by atoms with Crippen LogP contribution in [0.5, 0.6) is 0 Å². The Hall–Kier alpha value is -3.74. The van der Waals surface area contributed by atoms with E-state index in [-0.39, 0.29) is 11.9 Å². The number of carbonyl (C=O) groups is 1. The largest absolute Gasteiger partial charge is 0.420 e. The molecule has 0 aliphatic heterocycles. The van der Waals surface area contributed by atoms with Gasteiger partial charge in [0.05, 0.1) is 12.1 Å². The van der Waals surface area contributed by atoms with Gasteiger partial charge in [0.1, 0.15) is 0 Å². The number of hydrogen-bond donors (Lipinski definition) is 1. The summed E-state index contributed by atoms with van der Waals surface area (Å²) in [7, 11) is 0. The van der Waals surface area contributed by atoms with E-state index >= 15 is 0 Å². The van der Waals surface area contributed by atoms with Gasteiger partial charge in [-0.2, -0.15) is 0 Å². The molecule has 0 saturated heterocycles. The van der Waals surface area contributed by atoms with Crippen LogP contribution in [0.1, 0.15) is 27.3 Å². The molecule has 0 saturated carbocycles. The second-order valence-corrected chi connectivity index (χ2v) is 6.55. The van der Waals surface area contributed by atoms with E-state index in [1.54, 1.807) is 18.2 Å². The van der Waals surface area contributed by atoms with Crippen molar-refractivity contribution < 1.29 is 9.21 Å². The fourth-order valence-corrected chi connectivity index (χ4v) is 3.07. The van der Waals surface area contributed by atoms with Crippen LogP contribution < -0.4 is 11.1 Å². The number of benzene rings is 2. The Morgan fingerprint density at radius 3 is 2.46 bits per heavy atom. The molecular formula is C21H18N4O3. The summed E-state index contributed by atoms with van der Waals surface area (Å²) in [5, 5.41) is 2.70. The highest BCUT2D eigenvalue weighted by Gasteiger charge is 2.14. The normalized spacial score (nSPS) is 10.9. The smallest absolute Gasteiger partial charge is 0.408 e. The number of anilines is 1. The van der Waals surface area contributed by atoms with Gasteiger partial charge in [-0.3, -0.25) is 14.7 Å². The van der Waals surface area contributed by atoms with Crippen molar-refractivity contribution in [3.63, 3.8) is 0 Å². The highest BCUT2D eigenvalue weighted by molar-refractivity contribution is 6.05. The lowest BCUT2D eigenvalue weighted by Gasteiger charge is -2.06. The van der Waals surface area contributed by atoms with Crippen LogP contribution in [-0.2, 0) is 6.54 Å². The summed E-state index contributed by atoms with van der Waals surface area (Å²) in [6.07, 6.45) is 0. The molecule has 7 nitrogen and oxygen atoms in total. The molecule has 0 fully saturated rings. The molecule has 0 aliphatic rings. The Bertz CT molecular complexity index is 1210. The van der Waals surface area contributed by atoms with Crippen LogP contribution in [-0.4, -0.2) is 20.4 Å².